The molecule has 2 aliphatic carbocycles. The van der Waals surface area contributed by atoms with Gasteiger partial charge in [-0.25, -0.2) is 0 Å². The molecule has 0 saturated heterocycles. The number of rotatable bonds is 2. The molecule has 25 heavy (non-hydrogen) atoms. The van der Waals surface area contributed by atoms with Crippen LogP contribution in [0.25, 0.3) is 0 Å². The summed E-state index contributed by atoms with van der Waals surface area (Å²) in [7, 11) is 0. The second-order valence-corrected chi connectivity index (χ2v) is 10.6. The van der Waals surface area contributed by atoms with Gasteiger partial charge in [-0.05, 0) is 0 Å². The summed E-state index contributed by atoms with van der Waals surface area (Å²) in [5.74, 6) is -3.25. The van der Waals surface area contributed by atoms with Gasteiger partial charge in [0.25, 0.3) is 0 Å². The van der Waals surface area contributed by atoms with Gasteiger partial charge in [0.15, 0.2) is 0 Å². The third-order valence-corrected chi connectivity index (χ3v) is 6.92. The summed E-state index contributed by atoms with van der Waals surface area (Å²) in [6.07, 6.45) is 8.32. The van der Waals surface area contributed by atoms with E-state index in [1.807, 2.05) is 0 Å². The molecule has 0 aromatic rings. The van der Waals surface area contributed by atoms with Crippen molar-refractivity contribution in [3.8, 4) is 0 Å². The van der Waals surface area contributed by atoms with Gasteiger partial charge in [-0.2, -0.15) is 0 Å². The predicted molar refractivity (Wildman–Crippen MR) is 81.4 cm³/mol. The SMILES string of the molecule is NC1CCCC[C]1(N)[Pt+].NC1CCCC[C]1(N)[Pt+].O=C([O-])CC(=O)[O-]. The summed E-state index contributed by atoms with van der Waals surface area (Å²) in [4.78, 5) is 18.6. The Kier molecular flexibility index (Phi) is 11.9. The van der Waals surface area contributed by atoms with Crippen LogP contribution in [0.4, 0.5) is 0 Å². The van der Waals surface area contributed by atoms with Gasteiger partial charge in [0.05, 0.1) is 0 Å². The maximum absolute atomic E-state index is 9.28. The first-order chi connectivity index (χ1) is 11.4. The van der Waals surface area contributed by atoms with Gasteiger partial charge in [-0.1, -0.05) is 0 Å². The summed E-state index contributed by atoms with van der Waals surface area (Å²) in [5.41, 5.74) is 23.3. The first-order valence-electron chi connectivity index (χ1n) is 8.18. The Morgan fingerprint density at radius 2 is 1.16 bits per heavy atom. The van der Waals surface area contributed by atoms with Gasteiger partial charge in [0.2, 0.25) is 0 Å². The molecule has 0 aliphatic heterocycles. The molecule has 152 valence electrons. The molecule has 2 fully saturated rings. The Morgan fingerprint density at radius 3 is 1.28 bits per heavy atom. The van der Waals surface area contributed by atoms with Gasteiger partial charge in [-0.3, -0.25) is 0 Å². The maximum atomic E-state index is 9.28. The Labute approximate surface area is 171 Å². The average Bonchev–Trinajstić information content (AvgIpc) is 2.45. The van der Waals surface area contributed by atoms with E-state index in [4.69, 9.17) is 22.9 Å². The smallest absolute Gasteiger partial charge is 0.0470 e. The van der Waals surface area contributed by atoms with E-state index in [0.29, 0.717) is 0 Å². The second kappa shape index (κ2) is 11.8. The molecule has 4 atom stereocenters. The molecule has 0 heterocycles. The van der Waals surface area contributed by atoms with E-state index in [0.717, 1.165) is 25.7 Å². The number of nitrogens with two attached hydrogens (primary N) is 4. The molecule has 0 radical (unpaired) electrons. The normalized spacial score (nSPS) is 34.7. The maximum Gasteiger partial charge on any atom is 0.0470 e. The first-order valence-corrected chi connectivity index (χ1v) is 10.5. The summed E-state index contributed by atoms with van der Waals surface area (Å²) in [5, 5.41) is 18.6. The number of hydrogen-bond donors (Lipinski definition) is 4. The number of carbonyl (C=O) groups excluding carboxylic acids is 2. The number of aliphatic carboxylic acids is 2. The topological polar surface area (TPSA) is 184 Å². The third kappa shape index (κ3) is 11.5. The summed E-state index contributed by atoms with van der Waals surface area (Å²) < 4.78 is -0.226. The number of carboxylic acid groups (broad SMARTS) is 2. The van der Waals surface area contributed by atoms with Crippen LogP contribution in [0, 0.1) is 0 Å². The van der Waals surface area contributed by atoms with Crippen molar-refractivity contribution >= 4 is 11.9 Å². The summed E-state index contributed by atoms with van der Waals surface area (Å²) >= 11 is 4.51. The summed E-state index contributed by atoms with van der Waals surface area (Å²) in [6, 6.07) is 0.431. The molecule has 8 N–H and O–H groups in total. The van der Waals surface area contributed by atoms with Crippen LogP contribution in [0.1, 0.15) is 57.8 Å². The van der Waals surface area contributed by atoms with E-state index in [1.165, 1.54) is 25.7 Å². The fourth-order valence-electron chi connectivity index (χ4n) is 2.45. The van der Waals surface area contributed by atoms with E-state index in [9.17, 15) is 19.8 Å². The van der Waals surface area contributed by atoms with E-state index in [2.05, 4.69) is 39.6 Å². The van der Waals surface area contributed by atoms with Crippen LogP contribution in [-0.4, -0.2) is 31.9 Å². The van der Waals surface area contributed by atoms with Gasteiger partial charge < -0.3 is 19.8 Å². The minimum absolute atomic E-state index is 0.113. The van der Waals surface area contributed by atoms with Crippen molar-refractivity contribution in [2.24, 2.45) is 22.9 Å². The standard InChI is InChI=1S/2C6H13N2.C3H4O4.2Pt/c2*7-5-3-1-2-4-6(5)8;4-2(5)1-3(6)7;;/h2*5H,1-4,7-8H2;1H2,(H,4,5)(H,6,7);;/q;;;2*+1/p-2. The minimum atomic E-state index is -1.63. The van der Waals surface area contributed by atoms with Crippen molar-refractivity contribution in [1.82, 2.24) is 0 Å². The molecule has 0 aromatic carbocycles. The van der Waals surface area contributed by atoms with Crippen LogP contribution in [0.5, 0.6) is 0 Å². The molecule has 2 rings (SSSR count). The van der Waals surface area contributed by atoms with Crippen LogP contribution in [0.3, 0.4) is 0 Å². The first kappa shape index (κ1) is 25.2. The Hall–Kier alpha value is 0.157. The molecular weight excluding hydrogens is 690 g/mol. The summed E-state index contributed by atoms with van der Waals surface area (Å²) in [6.45, 7) is 0. The molecule has 0 amide bonds. The molecular formula is C15H28N4O4Pt2. The van der Waals surface area contributed by atoms with E-state index < -0.39 is 18.4 Å². The molecule has 10 heteroatoms. The zero-order chi connectivity index (χ0) is 19.7. The van der Waals surface area contributed by atoms with Crippen molar-refractivity contribution in [2.45, 2.75) is 77.7 Å². The predicted octanol–water partition coefficient (Wildman–Crippen LogP) is -2.94. The van der Waals surface area contributed by atoms with Crippen LogP contribution >= 0.6 is 0 Å². The third-order valence-electron chi connectivity index (χ3n) is 4.09. The Balaban J connectivity index is 0.000000350. The Bertz CT molecular complexity index is 398. The number of hydrogen-bond acceptors (Lipinski definition) is 8. The zero-order valence-electron chi connectivity index (χ0n) is 14.1. The molecule has 0 aromatic heterocycles. The van der Waals surface area contributed by atoms with E-state index in [-0.39, 0.29) is 19.9 Å². The molecule has 0 spiro atoms. The minimum Gasteiger partial charge on any atom is -0.550 e. The monoisotopic (exact) mass is 718 g/mol. The quantitative estimate of drug-likeness (QED) is 0.219. The van der Waals surface area contributed by atoms with Crippen molar-refractivity contribution in [3.05, 3.63) is 0 Å². The fraction of sp³-hybridized carbons (Fsp3) is 0.867. The largest absolute Gasteiger partial charge is 0.550 e. The number of carbonyl (C=O) groups is 2. The number of carboxylic acids is 2. The van der Waals surface area contributed by atoms with Gasteiger partial charge in [0.1, 0.15) is 0 Å². The van der Waals surface area contributed by atoms with Gasteiger partial charge >= 0.3 is 134 Å². The molecule has 2 saturated carbocycles. The molecule has 2 aliphatic rings. The second-order valence-electron chi connectivity index (χ2n) is 6.36. The van der Waals surface area contributed by atoms with Crippen molar-refractivity contribution < 1.29 is 59.4 Å². The fourth-order valence-corrected chi connectivity index (χ4v) is 3.91. The molecule has 0 bridgehead atoms. The van der Waals surface area contributed by atoms with E-state index in [1.54, 1.807) is 0 Å². The van der Waals surface area contributed by atoms with Crippen LogP contribution in [-0.2, 0) is 49.2 Å². The zero-order valence-corrected chi connectivity index (χ0v) is 18.6. The van der Waals surface area contributed by atoms with Crippen molar-refractivity contribution in [3.63, 3.8) is 0 Å². The van der Waals surface area contributed by atoms with Gasteiger partial charge in [-0.15, -0.1) is 0 Å². The average molecular weight is 719 g/mol. The molecule has 8 nitrogen and oxygen atoms in total. The van der Waals surface area contributed by atoms with Crippen LogP contribution < -0.4 is 33.1 Å². The molecule has 4 unspecified atom stereocenters. The van der Waals surface area contributed by atoms with Crippen LogP contribution in [0.15, 0.2) is 0 Å². The van der Waals surface area contributed by atoms with Crippen molar-refractivity contribution in [2.75, 3.05) is 0 Å². The van der Waals surface area contributed by atoms with Crippen LogP contribution in [0.2, 0.25) is 0 Å². The van der Waals surface area contributed by atoms with E-state index >= 15 is 0 Å². The van der Waals surface area contributed by atoms with Gasteiger partial charge in [0, 0.05) is 18.4 Å². The van der Waals surface area contributed by atoms with Crippen molar-refractivity contribution in [1.29, 1.82) is 0 Å². The Morgan fingerprint density at radius 1 is 0.840 bits per heavy atom.